The van der Waals surface area contributed by atoms with Gasteiger partial charge in [-0.3, -0.25) is 9.52 Å². The van der Waals surface area contributed by atoms with Crippen LogP contribution in [0.2, 0.25) is 0 Å². The van der Waals surface area contributed by atoms with E-state index in [0.717, 1.165) is 11.4 Å². The molecule has 9 heteroatoms. The van der Waals surface area contributed by atoms with Crippen LogP contribution in [0.3, 0.4) is 0 Å². The molecular weight excluding hydrogens is 386 g/mol. The summed E-state index contributed by atoms with van der Waals surface area (Å²) < 4.78 is 31.2. The molecular formula is C18H25N3O4S2. The highest BCUT2D eigenvalue weighted by Crippen LogP contribution is 2.30. The Balaban J connectivity index is 2.20. The van der Waals surface area contributed by atoms with Gasteiger partial charge in [-0.15, -0.1) is 11.3 Å². The average molecular weight is 412 g/mol. The number of rotatable bonds is 8. The van der Waals surface area contributed by atoms with Gasteiger partial charge in [-0.2, -0.15) is 0 Å². The molecule has 0 fully saturated rings. The Kier molecular flexibility index (Phi) is 6.83. The molecule has 0 aliphatic carbocycles. The molecule has 7 nitrogen and oxygen atoms in total. The van der Waals surface area contributed by atoms with Crippen LogP contribution >= 0.6 is 11.3 Å². The lowest BCUT2D eigenvalue weighted by molar-refractivity contribution is 0.103. The molecule has 0 saturated carbocycles. The lowest BCUT2D eigenvalue weighted by Crippen LogP contribution is -2.16. The van der Waals surface area contributed by atoms with E-state index in [9.17, 15) is 13.2 Å². The van der Waals surface area contributed by atoms with E-state index in [4.69, 9.17) is 4.74 Å². The third-order valence-corrected chi connectivity index (χ3v) is 6.20. The van der Waals surface area contributed by atoms with E-state index >= 15 is 0 Å². The molecule has 1 heterocycles. The van der Waals surface area contributed by atoms with Crippen molar-refractivity contribution in [2.24, 2.45) is 5.92 Å². The van der Waals surface area contributed by atoms with Crippen molar-refractivity contribution in [1.82, 2.24) is 4.98 Å². The number of hydrogen-bond donors (Lipinski definition) is 2. The summed E-state index contributed by atoms with van der Waals surface area (Å²) in [5.41, 5.74) is 1.53. The summed E-state index contributed by atoms with van der Waals surface area (Å²) in [6.45, 7) is 7.58. The third kappa shape index (κ3) is 5.67. The third-order valence-electron chi connectivity index (χ3n) is 3.73. The van der Waals surface area contributed by atoms with E-state index in [0.29, 0.717) is 33.6 Å². The summed E-state index contributed by atoms with van der Waals surface area (Å²) in [6.07, 6.45) is 0.832. The van der Waals surface area contributed by atoms with Crippen LogP contribution in [0.5, 0.6) is 5.75 Å². The minimum Gasteiger partial charge on any atom is -0.494 e. The summed E-state index contributed by atoms with van der Waals surface area (Å²) in [4.78, 5) is 17.6. The van der Waals surface area contributed by atoms with Gasteiger partial charge in [0.2, 0.25) is 10.0 Å². The zero-order valence-electron chi connectivity index (χ0n) is 16.1. The Morgan fingerprint density at radius 1 is 1.33 bits per heavy atom. The Bertz CT molecular complexity index is 921. The number of benzene rings is 1. The number of aryl methyl sites for hydroxylation is 1. The van der Waals surface area contributed by atoms with Gasteiger partial charge in [0.05, 0.1) is 29.3 Å². The number of methoxy groups -OCH3 is 1. The number of nitrogens with zero attached hydrogens (tertiary/aromatic N) is 1. The van der Waals surface area contributed by atoms with Gasteiger partial charge < -0.3 is 10.1 Å². The van der Waals surface area contributed by atoms with Crippen molar-refractivity contribution in [3.8, 4) is 5.75 Å². The van der Waals surface area contributed by atoms with Crippen molar-refractivity contribution in [1.29, 1.82) is 0 Å². The van der Waals surface area contributed by atoms with Crippen LogP contribution in [-0.2, 0) is 16.4 Å². The predicted octanol–water partition coefficient (Wildman–Crippen LogP) is 3.67. The van der Waals surface area contributed by atoms with Gasteiger partial charge in [0, 0.05) is 18.2 Å². The summed E-state index contributed by atoms with van der Waals surface area (Å²) in [6, 6.07) is 4.77. The van der Waals surface area contributed by atoms with E-state index in [-0.39, 0.29) is 11.7 Å². The number of sulfonamides is 1. The number of aromatic nitrogens is 1. The van der Waals surface area contributed by atoms with Crippen molar-refractivity contribution in [3.05, 3.63) is 33.8 Å². The highest BCUT2D eigenvalue weighted by atomic mass is 32.2. The number of amides is 1. The molecule has 2 aromatic rings. The molecule has 2 N–H and O–H groups in total. The molecule has 0 radical (unpaired) electrons. The van der Waals surface area contributed by atoms with E-state index < -0.39 is 10.0 Å². The number of hydrogen-bond acceptors (Lipinski definition) is 6. The fourth-order valence-corrected chi connectivity index (χ4v) is 4.20. The standard InChI is InChI=1S/C18H25N3O4S2/c1-6-27(23,24)21-14-8-7-13(10-15(14)25-5)20-18(22)17-12(4)19-16(26-17)9-11(2)3/h7-8,10-11,21H,6,9H2,1-5H3,(H,20,22). The van der Waals surface area contributed by atoms with Crippen LogP contribution in [-0.4, -0.2) is 32.2 Å². The molecule has 0 spiro atoms. The minimum atomic E-state index is -3.42. The monoisotopic (exact) mass is 411 g/mol. The van der Waals surface area contributed by atoms with E-state index in [1.807, 2.05) is 6.92 Å². The first-order chi connectivity index (χ1) is 12.6. The molecule has 27 heavy (non-hydrogen) atoms. The van der Waals surface area contributed by atoms with Crippen molar-refractivity contribution in [3.63, 3.8) is 0 Å². The largest absolute Gasteiger partial charge is 0.494 e. The lowest BCUT2D eigenvalue weighted by atomic mass is 10.1. The molecule has 0 unspecified atom stereocenters. The second kappa shape index (κ2) is 8.71. The maximum Gasteiger partial charge on any atom is 0.267 e. The number of thiazole rings is 1. The summed E-state index contributed by atoms with van der Waals surface area (Å²) in [5.74, 6) is 0.503. The molecule has 1 amide bonds. The molecule has 0 aliphatic rings. The average Bonchev–Trinajstić information content (AvgIpc) is 2.95. The molecule has 0 aliphatic heterocycles. The van der Waals surface area contributed by atoms with Gasteiger partial charge in [0.1, 0.15) is 10.6 Å². The van der Waals surface area contributed by atoms with Gasteiger partial charge in [-0.25, -0.2) is 13.4 Å². The van der Waals surface area contributed by atoms with Gasteiger partial charge in [-0.1, -0.05) is 13.8 Å². The molecule has 0 saturated heterocycles. The molecule has 148 valence electrons. The van der Waals surface area contributed by atoms with E-state index in [2.05, 4.69) is 28.9 Å². The van der Waals surface area contributed by atoms with Crippen LogP contribution < -0.4 is 14.8 Å². The van der Waals surface area contributed by atoms with Crippen LogP contribution in [0.4, 0.5) is 11.4 Å². The Morgan fingerprint density at radius 3 is 2.63 bits per heavy atom. The van der Waals surface area contributed by atoms with Crippen LogP contribution in [0, 0.1) is 12.8 Å². The number of carbonyl (C=O) groups is 1. The lowest BCUT2D eigenvalue weighted by Gasteiger charge is -2.13. The van der Waals surface area contributed by atoms with Crippen LogP contribution in [0.15, 0.2) is 18.2 Å². The van der Waals surface area contributed by atoms with E-state index in [1.165, 1.54) is 18.4 Å². The second-order valence-corrected chi connectivity index (χ2v) is 9.59. The normalized spacial score (nSPS) is 11.5. The van der Waals surface area contributed by atoms with Gasteiger partial charge in [0.15, 0.2) is 0 Å². The first-order valence-electron chi connectivity index (χ1n) is 8.61. The van der Waals surface area contributed by atoms with Crippen LogP contribution in [0.1, 0.15) is 41.1 Å². The van der Waals surface area contributed by atoms with Crippen molar-refractivity contribution < 1.29 is 17.9 Å². The fourth-order valence-electron chi connectivity index (χ4n) is 2.38. The number of nitrogens with one attached hydrogen (secondary N) is 2. The molecule has 0 atom stereocenters. The molecule has 0 bridgehead atoms. The minimum absolute atomic E-state index is 0.0436. The Morgan fingerprint density at radius 2 is 2.04 bits per heavy atom. The Hall–Kier alpha value is -2.13. The topological polar surface area (TPSA) is 97.4 Å². The molecule has 1 aromatic carbocycles. The molecule has 1 aromatic heterocycles. The first-order valence-corrected chi connectivity index (χ1v) is 11.1. The number of ether oxygens (including phenoxy) is 1. The van der Waals surface area contributed by atoms with Gasteiger partial charge >= 0.3 is 0 Å². The summed E-state index contributed by atoms with van der Waals surface area (Å²) >= 11 is 1.39. The zero-order valence-corrected chi connectivity index (χ0v) is 17.8. The summed E-state index contributed by atoms with van der Waals surface area (Å²) in [5, 5.41) is 3.76. The van der Waals surface area contributed by atoms with Gasteiger partial charge in [0.25, 0.3) is 5.91 Å². The maximum atomic E-state index is 12.6. The quantitative estimate of drug-likeness (QED) is 0.691. The Labute approximate surface area is 164 Å². The second-order valence-electron chi connectivity index (χ2n) is 6.49. The highest BCUT2D eigenvalue weighted by Gasteiger charge is 2.17. The predicted molar refractivity (Wildman–Crippen MR) is 109 cm³/mol. The number of anilines is 2. The summed E-state index contributed by atoms with van der Waals surface area (Å²) in [7, 11) is -1.98. The van der Waals surface area contributed by atoms with Crippen molar-refractivity contribution in [2.45, 2.75) is 34.1 Å². The first kappa shape index (κ1) is 21.2. The van der Waals surface area contributed by atoms with Crippen molar-refractivity contribution in [2.75, 3.05) is 22.9 Å². The van der Waals surface area contributed by atoms with E-state index in [1.54, 1.807) is 25.1 Å². The maximum absolute atomic E-state index is 12.6. The molecule has 2 rings (SSSR count). The SMILES string of the molecule is CCS(=O)(=O)Nc1ccc(NC(=O)c2sc(CC(C)C)nc2C)cc1OC. The highest BCUT2D eigenvalue weighted by molar-refractivity contribution is 7.92. The van der Waals surface area contributed by atoms with Crippen LogP contribution in [0.25, 0.3) is 0 Å². The fraction of sp³-hybridized carbons (Fsp3) is 0.444. The zero-order chi connectivity index (χ0) is 20.2. The van der Waals surface area contributed by atoms with Crippen molar-refractivity contribution >= 4 is 38.6 Å². The number of carbonyl (C=O) groups excluding carboxylic acids is 1. The van der Waals surface area contributed by atoms with Gasteiger partial charge in [-0.05, 0) is 31.9 Å². The smallest absolute Gasteiger partial charge is 0.267 e.